The van der Waals surface area contributed by atoms with Crippen molar-refractivity contribution in [1.82, 2.24) is 0 Å². The minimum absolute atomic E-state index is 0.171. The van der Waals surface area contributed by atoms with Gasteiger partial charge in [-0.2, -0.15) is 0 Å². The van der Waals surface area contributed by atoms with Gasteiger partial charge in [-0.25, -0.2) is 0 Å². The van der Waals surface area contributed by atoms with Crippen molar-refractivity contribution in [3.8, 4) is 0 Å². The van der Waals surface area contributed by atoms with Crippen molar-refractivity contribution in [3.05, 3.63) is 69.3 Å². The van der Waals surface area contributed by atoms with E-state index >= 15 is 0 Å². The molecule has 0 aliphatic heterocycles. The van der Waals surface area contributed by atoms with E-state index in [1.165, 1.54) is 5.56 Å². The van der Waals surface area contributed by atoms with Crippen LogP contribution in [0.4, 0.5) is 11.4 Å². The first-order chi connectivity index (χ1) is 9.97. The SMILES string of the molecule is Cc1ccc(CNc2ccc(C(C)C)cc2)cc1[N+](=O)[O-]. The van der Waals surface area contributed by atoms with Gasteiger partial charge in [-0.1, -0.05) is 38.1 Å². The average Bonchev–Trinajstić information content (AvgIpc) is 2.46. The van der Waals surface area contributed by atoms with Crippen molar-refractivity contribution >= 4 is 11.4 Å². The predicted molar refractivity (Wildman–Crippen MR) is 85.7 cm³/mol. The van der Waals surface area contributed by atoms with Gasteiger partial charge in [0, 0.05) is 23.9 Å². The van der Waals surface area contributed by atoms with E-state index in [0.717, 1.165) is 11.3 Å². The molecule has 110 valence electrons. The van der Waals surface area contributed by atoms with Crippen molar-refractivity contribution in [2.45, 2.75) is 33.2 Å². The summed E-state index contributed by atoms with van der Waals surface area (Å²) in [5, 5.41) is 14.2. The van der Waals surface area contributed by atoms with Crippen molar-refractivity contribution < 1.29 is 4.92 Å². The lowest BCUT2D eigenvalue weighted by molar-refractivity contribution is -0.385. The third kappa shape index (κ3) is 3.81. The number of rotatable bonds is 5. The molecule has 0 aliphatic rings. The van der Waals surface area contributed by atoms with Gasteiger partial charge >= 0.3 is 0 Å². The molecule has 0 saturated heterocycles. The largest absolute Gasteiger partial charge is 0.381 e. The summed E-state index contributed by atoms with van der Waals surface area (Å²) in [6.07, 6.45) is 0. The van der Waals surface area contributed by atoms with Gasteiger partial charge in [-0.05, 0) is 36.1 Å². The van der Waals surface area contributed by atoms with E-state index in [1.54, 1.807) is 19.1 Å². The Morgan fingerprint density at radius 2 is 1.81 bits per heavy atom. The lowest BCUT2D eigenvalue weighted by atomic mass is 10.0. The van der Waals surface area contributed by atoms with Gasteiger partial charge in [0.15, 0.2) is 0 Å². The summed E-state index contributed by atoms with van der Waals surface area (Å²) in [5.41, 5.74) is 4.07. The number of aryl methyl sites for hydroxylation is 1. The van der Waals surface area contributed by atoms with Crippen LogP contribution in [0.25, 0.3) is 0 Å². The molecule has 0 amide bonds. The molecule has 21 heavy (non-hydrogen) atoms. The van der Waals surface area contributed by atoms with Crippen LogP contribution in [0.2, 0.25) is 0 Å². The molecule has 4 heteroatoms. The van der Waals surface area contributed by atoms with Gasteiger partial charge in [0.25, 0.3) is 5.69 Å². The predicted octanol–water partition coefficient (Wildman–Crippen LogP) is 4.64. The van der Waals surface area contributed by atoms with Crippen LogP contribution in [0.3, 0.4) is 0 Å². The second-order valence-electron chi connectivity index (χ2n) is 5.51. The molecule has 0 spiro atoms. The van der Waals surface area contributed by atoms with E-state index in [1.807, 2.05) is 18.2 Å². The first kappa shape index (κ1) is 15.0. The Balaban J connectivity index is 2.06. The van der Waals surface area contributed by atoms with Crippen LogP contribution in [0, 0.1) is 17.0 Å². The highest BCUT2D eigenvalue weighted by molar-refractivity contribution is 5.47. The molecule has 0 heterocycles. The monoisotopic (exact) mass is 284 g/mol. The van der Waals surface area contributed by atoms with Crippen molar-refractivity contribution in [2.75, 3.05) is 5.32 Å². The summed E-state index contributed by atoms with van der Waals surface area (Å²) < 4.78 is 0. The highest BCUT2D eigenvalue weighted by Crippen LogP contribution is 2.21. The van der Waals surface area contributed by atoms with Crippen molar-refractivity contribution in [2.24, 2.45) is 0 Å². The lowest BCUT2D eigenvalue weighted by Gasteiger charge is -2.09. The molecule has 4 nitrogen and oxygen atoms in total. The molecule has 0 aromatic heterocycles. The summed E-state index contributed by atoms with van der Waals surface area (Å²) >= 11 is 0. The fourth-order valence-electron chi connectivity index (χ4n) is 2.15. The van der Waals surface area contributed by atoms with Gasteiger partial charge in [-0.15, -0.1) is 0 Å². The van der Waals surface area contributed by atoms with E-state index in [4.69, 9.17) is 0 Å². The Labute approximate surface area is 125 Å². The number of nitro benzene ring substituents is 1. The molecule has 0 bridgehead atoms. The minimum Gasteiger partial charge on any atom is -0.381 e. The van der Waals surface area contributed by atoms with E-state index in [-0.39, 0.29) is 10.6 Å². The van der Waals surface area contributed by atoms with Gasteiger partial charge in [-0.3, -0.25) is 10.1 Å². The van der Waals surface area contributed by atoms with Crippen LogP contribution in [0.15, 0.2) is 42.5 Å². The number of hydrogen-bond donors (Lipinski definition) is 1. The smallest absolute Gasteiger partial charge is 0.272 e. The lowest BCUT2D eigenvalue weighted by Crippen LogP contribution is -2.01. The molecular formula is C17H20N2O2. The zero-order valence-electron chi connectivity index (χ0n) is 12.6. The van der Waals surface area contributed by atoms with E-state index in [2.05, 4.69) is 31.3 Å². The standard InChI is InChI=1S/C17H20N2O2/c1-12(2)15-6-8-16(9-7-15)18-11-14-5-4-13(3)17(10-14)19(20)21/h4-10,12,18H,11H2,1-3H3. The summed E-state index contributed by atoms with van der Waals surface area (Å²) in [5.74, 6) is 0.513. The summed E-state index contributed by atoms with van der Waals surface area (Å²) in [4.78, 5) is 10.6. The number of nitrogens with zero attached hydrogens (tertiary/aromatic N) is 1. The molecule has 0 saturated carbocycles. The molecule has 0 unspecified atom stereocenters. The van der Waals surface area contributed by atoms with E-state index in [9.17, 15) is 10.1 Å². The number of hydrogen-bond acceptors (Lipinski definition) is 3. The maximum absolute atomic E-state index is 10.9. The molecule has 0 fully saturated rings. The van der Waals surface area contributed by atoms with Gasteiger partial charge in [0.1, 0.15) is 0 Å². The Morgan fingerprint density at radius 1 is 1.14 bits per heavy atom. The average molecular weight is 284 g/mol. The normalized spacial score (nSPS) is 10.7. The third-order valence-corrected chi connectivity index (χ3v) is 3.54. The fourth-order valence-corrected chi connectivity index (χ4v) is 2.15. The molecule has 0 aliphatic carbocycles. The summed E-state index contributed by atoms with van der Waals surface area (Å²) in [7, 11) is 0. The second kappa shape index (κ2) is 6.39. The Kier molecular flexibility index (Phi) is 4.58. The Hall–Kier alpha value is -2.36. The molecule has 2 rings (SSSR count). The third-order valence-electron chi connectivity index (χ3n) is 3.54. The minimum atomic E-state index is -0.337. The number of nitrogens with one attached hydrogen (secondary N) is 1. The van der Waals surface area contributed by atoms with E-state index in [0.29, 0.717) is 18.0 Å². The van der Waals surface area contributed by atoms with Crippen molar-refractivity contribution in [1.29, 1.82) is 0 Å². The van der Waals surface area contributed by atoms with Crippen LogP contribution in [0.1, 0.15) is 36.5 Å². The Bertz CT molecular complexity index is 634. The first-order valence-corrected chi connectivity index (χ1v) is 7.05. The van der Waals surface area contributed by atoms with Crippen LogP contribution in [-0.4, -0.2) is 4.92 Å². The fraction of sp³-hybridized carbons (Fsp3) is 0.294. The number of benzene rings is 2. The Morgan fingerprint density at radius 3 is 2.38 bits per heavy atom. The van der Waals surface area contributed by atoms with Crippen LogP contribution in [0.5, 0.6) is 0 Å². The van der Waals surface area contributed by atoms with Gasteiger partial charge in [0.2, 0.25) is 0 Å². The van der Waals surface area contributed by atoms with Crippen LogP contribution in [-0.2, 0) is 6.54 Å². The van der Waals surface area contributed by atoms with Crippen LogP contribution < -0.4 is 5.32 Å². The molecule has 2 aromatic rings. The van der Waals surface area contributed by atoms with Gasteiger partial charge in [0.05, 0.1) is 4.92 Å². The molecule has 2 aromatic carbocycles. The maximum atomic E-state index is 10.9. The van der Waals surface area contributed by atoms with Crippen LogP contribution >= 0.6 is 0 Å². The molecule has 0 radical (unpaired) electrons. The second-order valence-corrected chi connectivity index (χ2v) is 5.51. The molecule has 1 N–H and O–H groups in total. The highest BCUT2D eigenvalue weighted by atomic mass is 16.6. The maximum Gasteiger partial charge on any atom is 0.272 e. The quantitative estimate of drug-likeness (QED) is 0.643. The topological polar surface area (TPSA) is 55.2 Å². The molecular weight excluding hydrogens is 264 g/mol. The highest BCUT2D eigenvalue weighted by Gasteiger charge is 2.10. The first-order valence-electron chi connectivity index (χ1n) is 7.05. The summed E-state index contributed by atoms with van der Waals surface area (Å²) in [6, 6.07) is 13.6. The van der Waals surface area contributed by atoms with Gasteiger partial charge < -0.3 is 5.32 Å². The number of anilines is 1. The molecule has 0 atom stereocenters. The van der Waals surface area contributed by atoms with E-state index < -0.39 is 0 Å². The number of nitro groups is 1. The zero-order valence-corrected chi connectivity index (χ0v) is 12.6. The van der Waals surface area contributed by atoms with Crippen molar-refractivity contribution in [3.63, 3.8) is 0 Å². The zero-order chi connectivity index (χ0) is 15.4. The summed E-state index contributed by atoms with van der Waals surface area (Å²) in [6.45, 7) is 6.64.